The second-order valence-electron chi connectivity index (χ2n) is 3.31. The van der Waals surface area contributed by atoms with Crippen molar-refractivity contribution in [3.8, 4) is 0 Å². The van der Waals surface area contributed by atoms with Gasteiger partial charge in [-0.1, -0.05) is 30.3 Å². The van der Waals surface area contributed by atoms with Crippen molar-refractivity contribution in [2.75, 3.05) is 0 Å². The van der Waals surface area contributed by atoms with Crippen molar-refractivity contribution < 1.29 is 14.3 Å². The molecule has 0 radical (unpaired) electrons. The first-order valence-electron chi connectivity index (χ1n) is 4.11. The molecule has 0 amide bonds. The summed E-state index contributed by atoms with van der Waals surface area (Å²) in [6, 6.07) is 8.56. The third-order valence-electron chi connectivity index (χ3n) is 2.55. The summed E-state index contributed by atoms with van der Waals surface area (Å²) in [7, 11) is 0. The van der Waals surface area contributed by atoms with Crippen molar-refractivity contribution >= 4 is 5.97 Å². The Hall–Kier alpha value is -1.38. The van der Waals surface area contributed by atoms with Gasteiger partial charge in [-0.15, -0.1) is 0 Å². The van der Waals surface area contributed by atoms with Crippen LogP contribution in [0.1, 0.15) is 12.0 Å². The van der Waals surface area contributed by atoms with E-state index in [4.69, 9.17) is 5.11 Å². The quantitative estimate of drug-likeness (QED) is 0.752. The van der Waals surface area contributed by atoms with Crippen LogP contribution < -0.4 is 0 Å². The van der Waals surface area contributed by atoms with Gasteiger partial charge < -0.3 is 5.11 Å². The molecule has 0 heterocycles. The molecule has 2 unspecified atom stereocenters. The van der Waals surface area contributed by atoms with E-state index in [1.54, 1.807) is 30.3 Å². The number of carbonyl (C=O) groups is 1. The zero-order valence-electron chi connectivity index (χ0n) is 6.90. The Kier molecular flexibility index (Phi) is 1.62. The minimum Gasteiger partial charge on any atom is -0.480 e. The van der Waals surface area contributed by atoms with Crippen LogP contribution in [-0.2, 0) is 10.2 Å². The van der Waals surface area contributed by atoms with Gasteiger partial charge in [0.25, 0.3) is 0 Å². The number of carboxylic acids is 1. The molecule has 1 aromatic rings. The molecule has 1 fully saturated rings. The van der Waals surface area contributed by atoms with Crippen molar-refractivity contribution in [1.29, 1.82) is 0 Å². The minimum absolute atomic E-state index is 0.104. The Morgan fingerprint density at radius 3 is 2.38 bits per heavy atom. The van der Waals surface area contributed by atoms with E-state index in [1.165, 1.54) is 0 Å². The van der Waals surface area contributed by atoms with Crippen molar-refractivity contribution in [3.05, 3.63) is 35.9 Å². The maximum atomic E-state index is 13.0. The number of carboxylic acid groups (broad SMARTS) is 1. The lowest BCUT2D eigenvalue weighted by molar-refractivity contribution is -0.140. The van der Waals surface area contributed by atoms with E-state index < -0.39 is 17.6 Å². The summed E-state index contributed by atoms with van der Waals surface area (Å²) < 4.78 is 13.0. The summed E-state index contributed by atoms with van der Waals surface area (Å²) in [5.74, 6) is -1.06. The van der Waals surface area contributed by atoms with E-state index in [0.29, 0.717) is 5.56 Å². The standard InChI is InChI=1S/C10H9FO2/c11-8-6-10(8,9(12)13)7-4-2-1-3-5-7/h1-5,8H,6H2,(H,12,13). The van der Waals surface area contributed by atoms with Crippen LogP contribution in [0.25, 0.3) is 0 Å². The van der Waals surface area contributed by atoms with Crippen LogP contribution in [0.3, 0.4) is 0 Å². The predicted octanol–water partition coefficient (Wildman–Crippen LogP) is 1.75. The fourth-order valence-corrected chi connectivity index (χ4v) is 1.60. The lowest BCUT2D eigenvalue weighted by Gasteiger charge is -2.08. The molecule has 1 N–H and O–H groups in total. The smallest absolute Gasteiger partial charge is 0.317 e. The Bertz CT molecular complexity index is 336. The lowest BCUT2D eigenvalue weighted by atomic mass is 9.96. The van der Waals surface area contributed by atoms with Gasteiger partial charge in [0.05, 0.1) is 0 Å². The summed E-state index contributed by atoms with van der Waals surface area (Å²) in [5.41, 5.74) is -0.684. The van der Waals surface area contributed by atoms with E-state index in [0.717, 1.165) is 0 Å². The highest BCUT2D eigenvalue weighted by atomic mass is 19.1. The zero-order valence-corrected chi connectivity index (χ0v) is 6.90. The lowest BCUT2D eigenvalue weighted by Crippen LogP contribution is -2.22. The molecule has 2 nitrogen and oxygen atoms in total. The fraction of sp³-hybridized carbons (Fsp3) is 0.300. The van der Waals surface area contributed by atoms with Gasteiger partial charge in [-0.05, 0) is 5.56 Å². The topological polar surface area (TPSA) is 37.3 Å². The molecule has 1 saturated carbocycles. The zero-order chi connectivity index (χ0) is 9.47. The molecule has 0 bridgehead atoms. The molecule has 1 aliphatic carbocycles. The number of hydrogen-bond donors (Lipinski definition) is 1. The molecular formula is C10H9FO2. The number of hydrogen-bond acceptors (Lipinski definition) is 1. The van der Waals surface area contributed by atoms with Crippen LogP contribution in [0.2, 0.25) is 0 Å². The molecule has 0 aliphatic heterocycles. The number of halogens is 1. The molecule has 0 saturated heterocycles. The second kappa shape index (κ2) is 2.55. The Morgan fingerprint density at radius 2 is 2.00 bits per heavy atom. The van der Waals surface area contributed by atoms with E-state index in [-0.39, 0.29) is 6.42 Å². The predicted molar refractivity (Wildman–Crippen MR) is 45.3 cm³/mol. The number of aliphatic carboxylic acids is 1. The van der Waals surface area contributed by atoms with Gasteiger partial charge in [-0.2, -0.15) is 0 Å². The number of benzene rings is 1. The molecular weight excluding hydrogens is 171 g/mol. The van der Waals surface area contributed by atoms with E-state index in [2.05, 4.69) is 0 Å². The highest BCUT2D eigenvalue weighted by Gasteiger charge is 2.62. The molecule has 3 heteroatoms. The van der Waals surface area contributed by atoms with Crippen LogP contribution in [0.15, 0.2) is 30.3 Å². The van der Waals surface area contributed by atoms with Gasteiger partial charge >= 0.3 is 5.97 Å². The first kappa shape index (κ1) is 8.23. The van der Waals surface area contributed by atoms with Crippen molar-refractivity contribution in [2.24, 2.45) is 0 Å². The molecule has 68 valence electrons. The second-order valence-corrected chi connectivity index (χ2v) is 3.31. The number of rotatable bonds is 2. The Morgan fingerprint density at radius 1 is 1.46 bits per heavy atom. The summed E-state index contributed by atoms with van der Waals surface area (Å²) >= 11 is 0. The highest BCUT2D eigenvalue weighted by molar-refractivity contribution is 5.86. The third kappa shape index (κ3) is 1.03. The average molecular weight is 180 g/mol. The third-order valence-corrected chi connectivity index (χ3v) is 2.55. The molecule has 0 spiro atoms. The van der Waals surface area contributed by atoms with Crippen LogP contribution >= 0.6 is 0 Å². The minimum atomic E-state index is -1.25. The van der Waals surface area contributed by atoms with Gasteiger partial charge in [0.1, 0.15) is 11.6 Å². The molecule has 2 atom stereocenters. The summed E-state index contributed by atoms with van der Waals surface area (Å²) in [6.45, 7) is 0. The van der Waals surface area contributed by atoms with E-state index in [9.17, 15) is 9.18 Å². The van der Waals surface area contributed by atoms with Gasteiger partial charge in [-0.25, -0.2) is 4.39 Å². The van der Waals surface area contributed by atoms with Crippen LogP contribution in [0.5, 0.6) is 0 Å². The molecule has 13 heavy (non-hydrogen) atoms. The average Bonchev–Trinajstić information content (AvgIpc) is 2.80. The summed E-state index contributed by atoms with van der Waals surface area (Å²) in [5, 5.41) is 8.89. The van der Waals surface area contributed by atoms with Gasteiger partial charge in [0.2, 0.25) is 0 Å². The normalized spacial score (nSPS) is 31.3. The SMILES string of the molecule is O=C(O)C1(c2ccccc2)CC1F. The maximum Gasteiger partial charge on any atom is 0.317 e. The monoisotopic (exact) mass is 180 g/mol. The van der Waals surface area contributed by atoms with Crippen molar-refractivity contribution in [2.45, 2.75) is 18.0 Å². The molecule has 0 aromatic heterocycles. The fourth-order valence-electron chi connectivity index (χ4n) is 1.60. The first-order valence-corrected chi connectivity index (χ1v) is 4.11. The molecule has 2 rings (SSSR count). The largest absolute Gasteiger partial charge is 0.480 e. The van der Waals surface area contributed by atoms with Gasteiger partial charge in [0.15, 0.2) is 0 Å². The van der Waals surface area contributed by atoms with Gasteiger partial charge in [0, 0.05) is 6.42 Å². The van der Waals surface area contributed by atoms with E-state index in [1.807, 2.05) is 0 Å². The maximum absolute atomic E-state index is 13.0. The van der Waals surface area contributed by atoms with Crippen molar-refractivity contribution in [1.82, 2.24) is 0 Å². The Labute approximate surface area is 75.0 Å². The summed E-state index contributed by atoms with van der Waals surface area (Å²) in [6.07, 6.45) is -1.13. The molecule has 1 aliphatic rings. The van der Waals surface area contributed by atoms with E-state index >= 15 is 0 Å². The van der Waals surface area contributed by atoms with Crippen LogP contribution in [0, 0.1) is 0 Å². The van der Waals surface area contributed by atoms with Crippen LogP contribution in [-0.4, -0.2) is 17.2 Å². The highest BCUT2D eigenvalue weighted by Crippen LogP contribution is 2.50. The summed E-state index contributed by atoms with van der Waals surface area (Å²) in [4.78, 5) is 10.9. The Balaban J connectivity index is 2.40. The number of alkyl halides is 1. The van der Waals surface area contributed by atoms with Crippen molar-refractivity contribution in [3.63, 3.8) is 0 Å². The van der Waals surface area contributed by atoms with Gasteiger partial charge in [-0.3, -0.25) is 4.79 Å². The van der Waals surface area contributed by atoms with Crippen LogP contribution in [0.4, 0.5) is 4.39 Å². The molecule has 1 aromatic carbocycles. The first-order chi connectivity index (χ1) is 6.18.